The van der Waals surface area contributed by atoms with Gasteiger partial charge in [-0.15, -0.1) is 11.6 Å². The lowest BCUT2D eigenvalue weighted by Crippen LogP contribution is -2.57. The molecule has 0 N–H and O–H groups in total. The van der Waals surface area contributed by atoms with E-state index in [9.17, 15) is 10.1 Å². The Balaban J connectivity index is 1.45. The lowest BCUT2D eigenvalue weighted by atomic mass is 10.0. The van der Waals surface area contributed by atoms with Crippen LogP contribution in [0.3, 0.4) is 0 Å². The quantitative estimate of drug-likeness (QED) is 0.470. The summed E-state index contributed by atoms with van der Waals surface area (Å²) in [5.74, 6) is 0.745. The highest BCUT2D eigenvalue weighted by Gasteiger charge is 2.35. The van der Waals surface area contributed by atoms with Crippen molar-refractivity contribution in [2.45, 2.75) is 70.5 Å². The zero-order chi connectivity index (χ0) is 28.4. The molecule has 10 heteroatoms. The second-order valence-corrected chi connectivity index (χ2v) is 12.0. The van der Waals surface area contributed by atoms with Gasteiger partial charge in [0.15, 0.2) is 0 Å². The number of piperazine rings is 1. The molecule has 2 saturated heterocycles. The third-order valence-electron chi connectivity index (χ3n) is 8.75. The number of anilines is 2. The molecule has 1 aromatic carbocycles. The molecule has 0 spiro atoms. The Bertz CT molecular complexity index is 1280. The van der Waals surface area contributed by atoms with Crippen molar-refractivity contribution in [1.82, 2.24) is 19.8 Å². The van der Waals surface area contributed by atoms with Crippen LogP contribution in [0.25, 0.3) is 0 Å². The molecule has 3 aliphatic heterocycles. The minimum absolute atomic E-state index is 0.125. The standard InChI is InChI=1S/C30H40ClN7O2/c1-20-7-5-9-27(21(20)2)36-14-11-25-26(18-36)33-30(40-19-24-8-6-13-35(24)4)34-28(25)37-15-16-38(29(39)22(3)31)23(17-37)10-12-32/h5,7,9,22-24H,6,8,10-11,13-19H2,1-4H3/t22?,23-,24-/m0/s1. The van der Waals surface area contributed by atoms with Crippen molar-refractivity contribution < 1.29 is 9.53 Å². The van der Waals surface area contributed by atoms with Crippen LogP contribution in [0.4, 0.5) is 11.5 Å². The lowest BCUT2D eigenvalue weighted by Gasteiger charge is -2.43. The molecular formula is C30H40ClN7O2. The Morgan fingerprint density at radius 2 is 2.00 bits per heavy atom. The largest absolute Gasteiger partial charge is 0.462 e. The van der Waals surface area contributed by atoms with E-state index < -0.39 is 5.38 Å². The van der Waals surface area contributed by atoms with E-state index in [0.717, 1.165) is 43.0 Å². The van der Waals surface area contributed by atoms with Crippen LogP contribution in [0.2, 0.25) is 0 Å². The molecular weight excluding hydrogens is 526 g/mol. The number of amides is 1. The number of nitrogens with zero attached hydrogens (tertiary/aromatic N) is 7. The van der Waals surface area contributed by atoms with E-state index in [-0.39, 0.29) is 18.4 Å². The molecule has 0 saturated carbocycles. The normalized spacial score (nSPS) is 22.1. The van der Waals surface area contributed by atoms with Gasteiger partial charge >= 0.3 is 6.01 Å². The maximum Gasteiger partial charge on any atom is 0.318 e. The van der Waals surface area contributed by atoms with Crippen LogP contribution in [0.15, 0.2) is 18.2 Å². The number of nitriles is 1. The first-order valence-corrected chi connectivity index (χ1v) is 14.8. The number of aromatic nitrogens is 2. The van der Waals surface area contributed by atoms with E-state index in [1.165, 1.54) is 23.2 Å². The van der Waals surface area contributed by atoms with Gasteiger partial charge in [-0.2, -0.15) is 15.2 Å². The zero-order valence-electron chi connectivity index (χ0n) is 24.1. The fourth-order valence-corrected chi connectivity index (χ4v) is 6.33. The number of halogens is 1. The molecule has 1 aromatic heterocycles. The highest BCUT2D eigenvalue weighted by Crippen LogP contribution is 2.34. The van der Waals surface area contributed by atoms with Gasteiger partial charge in [0.1, 0.15) is 17.8 Å². The van der Waals surface area contributed by atoms with E-state index in [2.05, 4.69) is 59.9 Å². The fraction of sp³-hybridized carbons (Fsp3) is 0.600. The smallest absolute Gasteiger partial charge is 0.318 e. The predicted molar refractivity (Wildman–Crippen MR) is 157 cm³/mol. The number of rotatable bonds is 7. The number of likely N-dealkylation sites (N-methyl/N-ethyl adjacent to an activating group) is 1. The molecule has 0 bridgehead atoms. The molecule has 1 amide bonds. The second kappa shape index (κ2) is 12.2. The summed E-state index contributed by atoms with van der Waals surface area (Å²) in [5, 5.41) is 8.91. The lowest BCUT2D eigenvalue weighted by molar-refractivity contribution is -0.133. The summed E-state index contributed by atoms with van der Waals surface area (Å²) < 4.78 is 6.26. The number of carbonyl (C=O) groups excluding carboxylic acids is 1. The molecule has 0 aliphatic carbocycles. The van der Waals surface area contributed by atoms with Gasteiger partial charge in [-0.05, 0) is 70.8 Å². The van der Waals surface area contributed by atoms with E-state index in [1.807, 2.05) is 0 Å². The minimum Gasteiger partial charge on any atom is -0.462 e. The maximum atomic E-state index is 12.8. The Kier molecular flexibility index (Phi) is 8.67. The zero-order valence-corrected chi connectivity index (χ0v) is 24.8. The van der Waals surface area contributed by atoms with Gasteiger partial charge in [0, 0.05) is 43.5 Å². The van der Waals surface area contributed by atoms with Crippen LogP contribution in [-0.2, 0) is 17.8 Å². The van der Waals surface area contributed by atoms with Crippen LogP contribution in [0, 0.1) is 25.2 Å². The van der Waals surface area contributed by atoms with Crippen molar-refractivity contribution in [2.24, 2.45) is 0 Å². The van der Waals surface area contributed by atoms with Crippen molar-refractivity contribution in [3.63, 3.8) is 0 Å². The number of aryl methyl sites for hydroxylation is 1. The highest BCUT2D eigenvalue weighted by molar-refractivity contribution is 6.30. The molecule has 40 heavy (non-hydrogen) atoms. The van der Waals surface area contributed by atoms with Gasteiger partial charge in [-0.25, -0.2) is 0 Å². The number of alkyl halides is 1. The molecule has 5 rings (SSSR count). The van der Waals surface area contributed by atoms with Crippen LogP contribution in [-0.4, -0.2) is 89.5 Å². The maximum absolute atomic E-state index is 12.8. The van der Waals surface area contributed by atoms with Gasteiger partial charge in [-0.3, -0.25) is 4.79 Å². The van der Waals surface area contributed by atoms with E-state index in [1.54, 1.807) is 11.8 Å². The molecule has 4 heterocycles. The van der Waals surface area contributed by atoms with Crippen molar-refractivity contribution in [3.05, 3.63) is 40.6 Å². The molecule has 3 aliphatic rings. The topological polar surface area (TPSA) is 88.8 Å². The van der Waals surface area contributed by atoms with Crippen LogP contribution in [0.5, 0.6) is 6.01 Å². The van der Waals surface area contributed by atoms with Gasteiger partial charge in [0.25, 0.3) is 0 Å². The number of fused-ring (bicyclic) bond motifs is 1. The Morgan fingerprint density at radius 3 is 2.73 bits per heavy atom. The summed E-state index contributed by atoms with van der Waals surface area (Å²) in [7, 11) is 2.14. The fourth-order valence-electron chi connectivity index (χ4n) is 6.21. The predicted octanol–water partition coefficient (Wildman–Crippen LogP) is 3.69. The third-order valence-corrected chi connectivity index (χ3v) is 8.94. The van der Waals surface area contributed by atoms with Crippen molar-refractivity contribution in [2.75, 3.05) is 56.2 Å². The van der Waals surface area contributed by atoms with Crippen molar-refractivity contribution >= 4 is 29.0 Å². The Labute approximate surface area is 242 Å². The first-order valence-electron chi connectivity index (χ1n) is 14.4. The number of hydrogen-bond donors (Lipinski definition) is 0. The molecule has 2 aromatic rings. The van der Waals surface area contributed by atoms with Crippen molar-refractivity contribution in [1.29, 1.82) is 5.26 Å². The van der Waals surface area contributed by atoms with Gasteiger partial charge < -0.3 is 24.3 Å². The number of ether oxygens (including phenoxy) is 1. The molecule has 1 unspecified atom stereocenters. The Hall–Kier alpha value is -3.09. The first-order chi connectivity index (χ1) is 19.3. The summed E-state index contributed by atoms with van der Waals surface area (Å²) in [6.45, 7) is 10.8. The summed E-state index contributed by atoms with van der Waals surface area (Å²) >= 11 is 6.15. The number of hydrogen-bond acceptors (Lipinski definition) is 8. The molecule has 3 atom stereocenters. The van der Waals surface area contributed by atoms with Crippen LogP contribution >= 0.6 is 11.6 Å². The number of likely N-dealkylation sites (tertiary alicyclic amines) is 1. The summed E-state index contributed by atoms with van der Waals surface area (Å²) in [6, 6.07) is 9.23. The molecule has 214 valence electrons. The van der Waals surface area contributed by atoms with Crippen LogP contribution in [0.1, 0.15) is 48.6 Å². The molecule has 9 nitrogen and oxygen atoms in total. The number of benzene rings is 1. The average Bonchev–Trinajstić information content (AvgIpc) is 3.36. The molecule has 0 radical (unpaired) electrons. The Morgan fingerprint density at radius 1 is 1.18 bits per heavy atom. The molecule has 2 fully saturated rings. The van der Waals surface area contributed by atoms with E-state index in [4.69, 9.17) is 26.3 Å². The minimum atomic E-state index is -0.621. The first kappa shape index (κ1) is 28.4. The van der Waals surface area contributed by atoms with Gasteiger partial charge in [0.05, 0.1) is 30.8 Å². The van der Waals surface area contributed by atoms with Crippen LogP contribution < -0.4 is 14.5 Å². The third kappa shape index (κ3) is 5.84. The van der Waals surface area contributed by atoms with E-state index >= 15 is 0 Å². The summed E-state index contributed by atoms with van der Waals surface area (Å²) in [6.07, 6.45) is 3.34. The number of carbonyl (C=O) groups is 1. The van der Waals surface area contributed by atoms with Gasteiger partial charge in [0.2, 0.25) is 5.91 Å². The highest BCUT2D eigenvalue weighted by atomic mass is 35.5. The second-order valence-electron chi connectivity index (χ2n) is 11.3. The van der Waals surface area contributed by atoms with Gasteiger partial charge in [-0.1, -0.05) is 12.1 Å². The summed E-state index contributed by atoms with van der Waals surface area (Å²) in [5.41, 5.74) is 5.91. The summed E-state index contributed by atoms with van der Waals surface area (Å²) in [4.78, 5) is 31.4. The van der Waals surface area contributed by atoms with E-state index in [0.29, 0.717) is 44.8 Å². The SMILES string of the molecule is Cc1cccc(N2CCc3c(nc(OC[C@@H]4CCCN4C)nc3N3CCN(C(=O)C(C)Cl)[C@@H](CC#N)C3)C2)c1C. The average molecular weight is 566 g/mol. The monoisotopic (exact) mass is 565 g/mol. The van der Waals surface area contributed by atoms with Crippen molar-refractivity contribution in [3.8, 4) is 12.1 Å².